The number of carbonyl (C=O) groups excluding carboxylic acids is 1. The molecule has 0 saturated heterocycles. The van der Waals surface area contributed by atoms with Crippen LogP contribution in [-0.2, 0) is 0 Å². The van der Waals surface area contributed by atoms with E-state index in [4.69, 9.17) is 23.2 Å². The Morgan fingerprint density at radius 1 is 1.06 bits per heavy atom. The molecule has 0 amide bonds. The minimum absolute atomic E-state index is 0.148. The summed E-state index contributed by atoms with van der Waals surface area (Å²) < 4.78 is 0. The Kier molecular flexibility index (Phi) is 3.17. The first-order valence-electron chi connectivity index (χ1n) is 4.44. The molecule has 0 aliphatic rings. The average Bonchev–Trinajstić information content (AvgIpc) is 2.30. The van der Waals surface area contributed by atoms with E-state index >= 15 is 0 Å². The van der Waals surface area contributed by atoms with Crippen LogP contribution < -0.4 is 0 Å². The Bertz CT molecular complexity index is 526. The number of carbonyl (C=O) groups is 1. The Hall–Kier alpha value is -1.45. The lowest BCUT2D eigenvalue weighted by Gasteiger charge is -2.04. The van der Waals surface area contributed by atoms with Gasteiger partial charge >= 0.3 is 0 Å². The van der Waals surface area contributed by atoms with Crippen LogP contribution in [0.4, 0.5) is 0 Å². The molecular formula is C11H6Cl2N2O. The van der Waals surface area contributed by atoms with Crippen LogP contribution in [0.1, 0.15) is 10.4 Å². The number of benzene rings is 1. The molecule has 0 fully saturated rings. The van der Waals surface area contributed by atoms with Gasteiger partial charge in [0.2, 0.25) is 0 Å². The predicted octanol–water partition coefficient (Wildman–Crippen LogP) is 3.26. The molecule has 16 heavy (non-hydrogen) atoms. The Balaban J connectivity index is 2.59. The molecule has 5 heteroatoms. The van der Waals surface area contributed by atoms with Gasteiger partial charge in [0.05, 0.1) is 11.3 Å². The summed E-state index contributed by atoms with van der Waals surface area (Å²) in [5.41, 5.74) is 1.56. The topological polar surface area (TPSA) is 42.9 Å². The Morgan fingerprint density at radius 3 is 2.38 bits per heavy atom. The number of halogens is 2. The average molecular weight is 253 g/mol. The molecule has 1 aromatic carbocycles. The Morgan fingerprint density at radius 2 is 1.75 bits per heavy atom. The largest absolute Gasteiger partial charge is 0.298 e. The van der Waals surface area contributed by atoms with Crippen LogP contribution in [0.3, 0.4) is 0 Å². The molecule has 0 N–H and O–H groups in total. The first-order valence-corrected chi connectivity index (χ1v) is 5.19. The number of hydrogen-bond acceptors (Lipinski definition) is 3. The van der Waals surface area contributed by atoms with Crippen LogP contribution in [0.5, 0.6) is 0 Å². The van der Waals surface area contributed by atoms with Crippen molar-refractivity contribution in [3.05, 3.63) is 46.3 Å². The van der Waals surface area contributed by atoms with Crippen molar-refractivity contribution >= 4 is 29.5 Å². The zero-order valence-corrected chi connectivity index (χ0v) is 9.53. The van der Waals surface area contributed by atoms with Crippen molar-refractivity contribution in [3.63, 3.8) is 0 Å². The third-order valence-corrected chi connectivity index (χ3v) is 2.62. The second kappa shape index (κ2) is 4.60. The molecule has 0 bridgehead atoms. The van der Waals surface area contributed by atoms with Crippen LogP contribution in [0.25, 0.3) is 11.3 Å². The summed E-state index contributed by atoms with van der Waals surface area (Å²) in [6.45, 7) is 0. The molecule has 1 aromatic heterocycles. The van der Waals surface area contributed by atoms with E-state index < -0.39 is 0 Å². The van der Waals surface area contributed by atoms with Crippen molar-refractivity contribution in [1.29, 1.82) is 0 Å². The van der Waals surface area contributed by atoms with Crippen LogP contribution in [-0.4, -0.2) is 16.3 Å². The zero-order chi connectivity index (χ0) is 11.5. The molecule has 0 unspecified atom stereocenters. The second-order valence-electron chi connectivity index (χ2n) is 3.05. The molecule has 0 spiro atoms. The molecule has 0 saturated carbocycles. The maximum absolute atomic E-state index is 10.9. The van der Waals surface area contributed by atoms with Gasteiger partial charge in [-0.1, -0.05) is 35.3 Å². The third kappa shape index (κ3) is 2.05. The van der Waals surface area contributed by atoms with Crippen LogP contribution in [0.2, 0.25) is 10.2 Å². The predicted molar refractivity (Wildman–Crippen MR) is 62.9 cm³/mol. The highest BCUT2D eigenvalue weighted by molar-refractivity contribution is 6.32. The highest BCUT2D eigenvalue weighted by Gasteiger charge is 2.10. The summed E-state index contributed by atoms with van der Waals surface area (Å²) in [7, 11) is 0. The monoisotopic (exact) mass is 252 g/mol. The van der Waals surface area contributed by atoms with Crippen molar-refractivity contribution in [2.45, 2.75) is 0 Å². The summed E-state index contributed by atoms with van der Waals surface area (Å²) in [5.74, 6) is 0. The minimum Gasteiger partial charge on any atom is -0.298 e. The summed E-state index contributed by atoms with van der Waals surface area (Å²) in [4.78, 5) is 18.7. The van der Waals surface area contributed by atoms with E-state index in [-0.39, 0.29) is 10.7 Å². The van der Waals surface area contributed by atoms with Gasteiger partial charge in [-0.05, 0) is 12.1 Å². The second-order valence-corrected chi connectivity index (χ2v) is 3.85. The van der Waals surface area contributed by atoms with E-state index in [0.29, 0.717) is 17.0 Å². The maximum Gasteiger partial charge on any atom is 0.155 e. The van der Waals surface area contributed by atoms with Gasteiger partial charge in [0.1, 0.15) is 11.5 Å². The molecule has 3 nitrogen and oxygen atoms in total. The fraction of sp³-hybridized carbons (Fsp3) is 0. The number of aromatic nitrogens is 2. The molecule has 0 atom stereocenters. The summed E-state index contributed by atoms with van der Waals surface area (Å²) in [5, 5.41) is 0.770. The van der Waals surface area contributed by atoms with Crippen molar-refractivity contribution in [1.82, 2.24) is 9.97 Å². The van der Waals surface area contributed by atoms with E-state index in [0.717, 1.165) is 5.56 Å². The van der Waals surface area contributed by atoms with Crippen molar-refractivity contribution in [2.24, 2.45) is 0 Å². The molecule has 0 aliphatic carbocycles. The Labute approximate surface area is 102 Å². The van der Waals surface area contributed by atoms with Gasteiger partial charge in [-0.15, -0.1) is 0 Å². The number of aldehydes is 1. The minimum atomic E-state index is 0.148. The molecule has 2 rings (SSSR count). The lowest BCUT2D eigenvalue weighted by Crippen LogP contribution is -1.95. The third-order valence-electron chi connectivity index (χ3n) is 2.07. The van der Waals surface area contributed by atoms with Crippen LogP contribution >= 0.6 is 23.2 Å². The van der Waals surface area contributed by atoms with E-state index in [1.807, 2.05) is 0 Å². The fourth-order valence-electron chi connectivity index (χ4n) is 1.32. The summed E-state index contributed by atoms with van der Waals surface area (Å²) in [6.07, 6.45) is 1.96. The smallest absolute Gasteiger partial charge is 0.155 e. The van der Waals surface area contributed by atoms with Crippen molar-refractivity contribution < 1.29 is 4.79 Å². The summed E-state index contributed by atoms with van der Waals surface area (Å²) >= 11 is 11.6. The van der Waals surface area contributed by atoms with Gasteiger partial charge in [-0.3, -0.25) is 4.79 Å². The number of hydrogen-bond donors (Lipinski definition) is 0. The lowest BCUT2D eigenvalue weighted by atomic mass is 10.1. The SMILES string of the molecule is O=Cc1c(Cl)ncnc1-c1ccc(Cl)cc1. The molecule has 80 valence electrons. The molecule has 2 aromatic rings. The number of rotatable bonds is 2. The van der Waals surface area contributed by atoms with Gasteiger partial charge in [0, 0.05) is 10.6 Å². The van der Waals surface area contributed by atoms with Gasteiger partial charge in [-0.2, -0.15) is 0 Å². The van der Waals surface area contributed by atoms with Gasteiger partial charge in [0.25, 0.3) is 0 Å². The van der Waals surface area contributed by atoms with Crippen molar-refractivity contribution in [2.75, 3.05) is 0 Å². The van der Waals surface area contributed by atoms with E-state index in [9.17, 15) is 4.79 Å². The molecule has 0 radical (unpaired) electrons. The van der Waals surface area contributed by atoms with Crippen molar-refractivity contribution in [3.8, 4) is 11.3 Å². The van der Waals surface area contributed by atoms with E-state index in [1.54, 1.807) is 24.3 Å². The molecule has 0 aliphatic heterocycles. The highest BCUT2D eigenvalue weighted by Crippen LogP contribution is 2.25. The maximum atomic E-state index is 10.9. The summed E-state index contributed by atoms with van der Waals surface area (Å²) in [6, 6.07) is 6.99. The lowest BCUT2D eigenvalue weighted by molar-refractivity contribution is 0.112. The first-order chi connectivity index (χ1) is 7.72. The van der Waals surface area contributed by atoms with Gasteiger partial charge < -0.3 is 0 Å². The highest BCUT2D eigenvalue weighted by atomic mass is 35.5. The zero-order valence-electron chi connectivity index (χ0n) is 8.02. The normalized spacial score (nSPS) is 10.1. The fourth-order valence-corrected chi connectivity index (χ4v) is 1.62. The standard InChI is InChI=1S/C11H6Cl2N2O/c12-8-3-1-7(2-4-8)10-9(5-16)11(13)15-6-14-10/h1-6H. The first kappa shape index (κ1) is 11.0. The molecule has 1 heterocycles. The van der Waals surface area contributed by atoms with E-state index in [2.05, 4.69) is 9.97 Å². The molecular weight excluding hydrogens is 247 g/mol. The van der Waals surface area contributed by atoms with Gasteiger partial charge in [0.15, 0.2) is 6.29 Å². The quantitative estimate of drug-likeness (QED) is 0.609. The van der Waals surface area contributed by atoms with Crippen LogP contribution in [0.15, 0.2) is 30.6 Å². The number of nitrogens with zero attached hydrogens (tertiary/aromatic N) is 2. The van der Waals surface area contributed by atoms with Gasteiger partial charge in [-0.25, -0.2) is 9.97 Å². The van der Waals surface area contributed by atoms with E-state index in [1.165, 1.54) is 6.33 Å². The van der Waals surface area contributed by atoms with Crippen LogP contribution in [0, 0.1) is 0 Å².